The summed E-state index contributed by atoms with van der Waals surface area (Å²) in [6.45, 7) is 3.01. The minimum atomic E-state index is -0.261. The van der Waals surface area contributed by atoms with Crippen LogP contribution in [0.25, 0.3) is 0 Å². The quantitative estimate of drug-likeness (QED) is 0.873. The summed E-state index contributed by atoms with van der Waals surface area (Å²) in [5.41, 5.74) is 2.67. The number of benzene rings is 2. The molecule has 1 aliphatic rings. The first-order valence-electron chi connectivity index (χ1n) is 8.19. The molecule has 0 aliphatic carbocycles. The summed E-state index contributed by atoms with van der Waals surface area (Å²) in [4.78, 5) is 26.0. The predicted molar refractivity (Wildman–Crippen MR) is 100 cm³/mol. The molecule has 0 spiro atoms. The smallest absolute Gasteiger partial charge is 0.319 e. The molecule has 3 rings (SSSR count). The van der Waals surface area contributed by atoms with Gasteiger partial charge < -0.3 is 15.5 Å². The Morgan fingerprint density at radius 2 is 2.00 bits per heavy atom. The third kappa shape index (κ3) is 4.51. The van der Waals surface area contributed by atoms with Crippen molar-refractivity contribution in [1.82, 2.24) is 5.32 Å². The van der Waals surface area contributed by atoms with Crippen molar-refractivity contribution in [2.45, 2.75) is 13.3 Å². The summed E-state index contributed by atoms with van der Waals surface area (Å²) >= 11 is 5.89. The van der Waals surface area contributed by atoms with E-state index in [2.05, 4.69) is 10.6 Å². The zero-order valence-electron chi connectivity index (χ0n) is 14.0. The summed E-state index contributed by atoms with van der Waals surface area (Å²) in [5.74, 6) is 0.152. The second kappa shape index (κ2) is 7.57. The highest BCUT2D eigenvalue weighted by Gasteiger charge is 2.30. The first-order chi connectivity index (χ1) is 12.0. The van der Waals surface area contributed by atoms with Crippen molar-refractivity contribution in [3.63, 3.8) is 0 Å². The lowest BCUT2D eigenvalue weighted by Crippen LogP contribution is -2.34. The molecule has 5 nitrogen and oxygen atoms in total. The molecular weight excluding hydrogens is 338 g/mol. The standard InChI is InChI=1S/C19H20ClN3O2/c1-13-3-2-4-16(9-13)22-19(25)21-11-14-10-18(24)23(12-14)17-7-5-15(20)6-8-17/h2-9,14H,10-12H2,1H3,(H2,21,22,25)/t14-/m0/s1. The number of nitrogens with one attached hydrogen (secondary N) is 2. The van der Waals surface area contributed by atoms with Crippen LogP contribution in [0.1, 0.15) is 12.0 Å². The average molecular weight is 358 g/mol. The van der Waals surface area contributed by atoms with Gasteiger partial charge in [0, 0.05) is 41.8 Å². The van der Waals surface area contributed by atoms with Gasteiger partial charge in [0.15, 0.2) is 0 Å². The molecule has 25 heavy (non-hydrogen) atoms. The fraction of sp³-hybridized carbons (Fsp3) is 0.263. The Balaban J connectivity index is 1.51. The van der Waals surface area contributed by atoms with Gasteiger partial charge in [-0.05, 0) is 48.9 Å². The Labute approximate surface area is 152 Å². The fourth-order valence-corrected chi connectivity index (χ4v) is 3.05. The van der Waals surface area contributed by atoms with Crippen LogP contribution in [0.3, 0.4) is 0 Å². The molecule has 130 valence electrons. The molecule has 1 fully saturated rings. The average Bonchev–Trinajstić information content (AvgIpc) is 2.95. The van der Waals surface area contributed by atoms with E-state index in [4.69, 9.17) is 11.6 Å². The summed E-state index contributed by atoms with van der Waals surface area (Å²) in [5, 5.41) is 6.29. The lowest BCUT2D eigenvalue weighted by atomic mass is 10.1. The van der Waals surface area contributed by atoms with Crippen molar-refractivity contribution < 1.29 is 9.59 Å². The van der Waals surface area contributed by atoms with Gasteiger partial charge in [0.2, 0.25) is 5.91 Å². The largest absolute Gasteiger partial charge is 0.338 e. The summed E-state index contributed by atoms with van der Waals surface area (Å²) in [7, 11) is 0. The monoisotopic (exact) mass is 357 g/mol. The topological polar surface area (TPSA) is 61.4 Å². The number of hydrogen-bond acceptors (Lipinski definition) is 2. The number of carbonyl (C=O) groups excluding carboxylic acids is 2. The minimum Gasteiger partial charge on any atom is -0.338 e. The SMILES string of the molecule is Cc1cccc(NC(=O)NC[C@@H]2CC(=O)N(c3ccc(Cl)cc3)C2)c1. The van der Waals surface area contributed by atoms with Crippen LogP contribution in [0.2, 0.25) is 5.02 Å². The first kappa shape index (κ1) is 17.3. The predicted octanol–water partition coefficient (Wildman–Crippen LogP) is 3.82. The van der Waals surface area contributed by atoms with Gasteiger partial charge in [-0.2, -0.15) is 0 Å². The lowest BCUT2D eigenvalue weighted by Gasteiger charge is -2.17. The van der Waals surface area contributed by atoms with E-state index < -0.39 is 0 Å². The number of anilines is 2. The van der Waals surface area contributed by atoms with E-state index in [-0.39, 0.29) is 17.9 Å². The zero-order chi connectivity index (χ0) is 17.8. The molecule has 0 unspecified atom stereocenters. The van der Waals surface area contributed by atoms with Crippen molar-refractivity contribution in [2.24, 2.45) is 5.92 Å². The molecule has 0 saturated carbocycles. The maximum atomic E-state index is 12.2. The Morgan fingerprint density at radius 3 is 2.72 bits per heavy atom. The number of hydrogen-bond donors (Lipinski definition) is 2. The fourth-order valence-electron chi connectivity index (χ4n) is 2.92. The summed E-state index contributed by atoms with van der Waals surface area (Å²) < 4.78 is 0. The normalized spacial score (nSPS) is 16.8. The van der Waals surface area contributed by atoms with Gasteiger partial charge in [-0.1, -0.05) is 23.7 Å². The molecule has 0 bridgehead atoms. The van der Waals surface area contributed by atoms with Crippen molar-refractivity contribution in [3.8, 4) is 0 Å². The zero-order valence-corrected chi connectivity index (χ0v) is 14.7. The Hall–Kier alpha value is -2.53. The number of halogens is 1. The Bertz CT molecular complexity index is 776. The first-order valence-corrected chi connectivity index (χ1v) is 8.56. The van der Waals surface area contributed by atoms with Gasteiger partial charge in [-0.3, -0.25) is 4.79 Å². The molecule has 0 radical (unpaired) electrons. The molecule has 0 aromatic heterocycles. The van der Waals surface area contributed by atoms with Crippen molar-refractivity contribution >= 4 is 34.9 Å². The molecule has 2 aromatic carbocycles. The maximum Gasteiger partial charge on any atom is 0.319 e. The van der Waals surface area contributed by atoms with Gasteiger partial charge >= 0.3 is 6.03 Å². The molecule has 2 N–H and O–H groups in total. The Kier molecular flexibility index (Phi) is 5.24. The molecule has 1 atom stereocenters. The van der Waals surface area contributed by atoms with E-state index >= 15 is 0 Å². The van der Waals surface area contributed by atoms with Crippen molar-refractivity contribution in [2.75, 3.05) is 23.3 Å². The summed E-state index contributed by atoms with van der Waals surface area (Å²) in [6, 6.07) is 14.6. The summed E-state index contributed by atoms with van der Waals surface area (Å²) in [6.07, 6.45) is 0.424. The van der Waals surface area contributed by atoms with Crippen molar-refractivity contribution in [3.05, 3.63) is 59.1 Å². The van der Waals surface area contributed by atoms with Gasteiger partial charge in [-0.15, -0.1) is 0 Å². The van der Waals surface area contributed by atoms with E-state index in [1.807, 2.05) is 43.3 Å². The van der Waals surface area contributed by atoms with Crippen LogP contribution >= 0.6 is 11.6 Å². The van der Waals surface area contributed by atoms with Gasteiger partial charge in [-0.25, -0.2) is 4.79 Å². The number of nitrogens with zero attached hydrogens (tertiary/aromatic N) is 1. The maximum absolute atomic E-state index is 12.2. The van der Waals surface area contributed by atoms with Gasteiger partial charge in [0.25, 0.3) is 0 Å². The van der Waals surface area contributed by atoms with Crippen LogP contribution in [0, 0.1) is 12.8 Å². The van der Waals surface area contributed by atoms with Gasteiger partial charge in [0.05, 0.1) is 0 Å². The number of urea groups is 1. The molecule has 1 heterocycles. The molecule has 3 amide bonds. The van der Waals surface area contributed by atoms with E-state index in [9.17, 15) is 9.59 Å². The van der Waals surface area contributed by atoms with Crippen LogP contribution in [0.4, 0.5) is 16.2 Å². The third-order valence-corrected chi connectivity index (χ3v) is 4.42. The van der Waals surface area contributed by atoms with E-state index in [0.29, 0.717) is 24.5 Å². The highest BCUT2D eigenvalue weighted by atomic mass is 35.5. The highest BCUT2D eigenvalue weighted by Crippen LogP contribution is 2.26. The number of carbonyl (C=O) groups is 2. The lowest BCUT2D eigenvalue weighted by molar-refractivity contribution is -0.117. The van der Waals surface area contributed by atoms with E-state index in [1.54, 1.807) is 17.0 Å². The number of aryl methyl sites for hydroxylation is 1. The molecular formula is C19H20ClN3O2. The van der Waals surface area contributed by atoms with Crippen LogP contribution in [0.5, 0.6) is 0 Å². The Morgan fingerprint density at radius 1 is 1.24 bits per heavy atom. The second-order valence-electron chi connectivity index (χ2n) is 6.26. The van der Waals surface area contributed by atoms with Crippen LogP contribution in [-0.4, -0.2) is 25.0 Å². The van der Waals surface area contributed by atoms with Crippen molar-refractivity contribution in [1.29, 1.82) is 0 Å². The van der Waals surface area contributed by atoms with Gasteiger partial charge in [0.1, 0.15) is 0 Å². The van der Waals surface area contributed by atoms with Crippen LogP contribution in [0.15, 0.2) is 48.5 Å². The van der Waals surface area contributed by atoms with Crippen LogP contribution in [-0.2, 0) is 4.79 Å². The number of amides is 3. The second-order valence-corrected chi connectivity index (χ2v) is 6.69. The molecule has 1 saturated heterocycles. The molecule has 6 heteroatoms. The van der Waals surface area contributed by atoms with Crippen LogP contribution < -0.4 is 15.5 Å². The van der Waals surface area contributed by atoms with E-state index in [0.717, 1.165) is 16.9 Å². The molecule has 1 aliphatic heterocycles. The molecule has 2 aromatic rings. The highest BCUT2D eigenvalue weighted by molar-refractivity contribution is 6.30. The van der Waals surface area contributed by atoms with E-state index in [1.165, 1.54) is 0 Å². The number of rotatable bonds is 4. The minimum absolute atomic E-state index is 0.0632. The third-order valence-electron chi connectivity index (χ3n) is 4.17.